The van der Waals surface area contributed by atoms with Crippen LogP contribution in [0.3, 0.4) is 0 Å². The first-order valence-electron chi connectivity index (χ1n) is 9.37. The molecular weight excluding hydrogens is 330 g/mol. The van der Waals surface area contributed by atoms with Crippen LogP contribution >= 0.6 is 0 Å². The Labute approximate surface area is 153 Å². The third kappa shape index (κ3) is 3.20. The minimum Gasteiger partial charge on any atom is -0.478 e. The number of imidazole rings is 1. The van der Waals surface area contributed by atoms with Crippen LogP contribution in [-0.2, 0) is 4.79 Å². The predicted molar refractivity (Wildman–Crippen MR) is 101 cm³/mol. The van der Waals surface area contributed by atoms with Crippen molar-refractivity contribution in [1.29, 1.82) is 0 Å². The van der Waals surface area contributed by atoms with Gasteiger partial charge in [-0.15, -0.1) is 0 Å². The zero-order valence-corrected chi connectivity index (χ0v) is 16.0. The van der Waals surface area contributed by atoms with E-state index in [1.807, 2.05) is 16.2 Å². The molecule has 0 aliphatic heterocycles. The molecule has 0 radical (unpaired) electrons. The SMILES string of the molecule is CC(=O)N(c1c(C(C)C)nc2cc(C(=O)O)cc(C)n12)C1CCCCC1. The summed E-state index contributed by atoms with van der Waals surface area (Å²) in [5.74, 6) is -0.0175. The van der Waals surface area contributed by atoms with Crippen molar-refractivity contribution in [2.24, 2.45) is 0 Å². The summed E-state index contributed by atoms with van der Waals surface area (Å²) in [5.41, 5.74) is 2.42. The second kappa shape index (κ2) is 7.09. The van der Waals surface area contributed by atoms with E-state index in [4.69, 9.17) is 4.98 Å². The number of rotatable bonds is 4. The number of hydrogen-bond acceptors (Lipinski definition) is 3. The van der Waals surface area contributed by atoms with Gasteiger partial charge < -0.3 is 5.11 Å². The molecule has 140 valence electrons. The van der Waals surface area contributed by atoms with Crippen LogP contribution in [0, 0.1) is 6.92 Å². The van der Waals surface area contributed by atoms with Crippen LogP contribution < -0.4 is 4.90 Å². The van der Waals surface area contributed by atoms with Crippen molar-refractivity contribution < 1.29 is 14.7 Å². The van der Waals surface area contributed by atoms with Gasteiger partial charge in [-0.25, -0.2) is 9.78 Å². The summed E-state index contributed by atoms with van der Waals surface area (Å²) in [6.07, 6.45) is 5.47. The van der Waals surface area contributed by atoms with Crippen LogP contribution in [0.1, 0.15) is 80.5 Å². The smallest absolute Gasteiger partial charge is 0.335 e. The number of carboxylic acid groups (broad SMARTS) is 1. The molecule has 3 rings (SSSR count). The largest absolute Gasteiger partial charge is 0.478 e. The standard InChI is InChI=1S/C20H27N3O3/c1-12(2)18-19(23(14(4)24)16-8-6-5-7-9-16)22-13(3)10-15(20(25)26)11-17(22)21-18/h10-12,16H,5-9H2,1-4H3,(H,25,26). The number of fused-ring (bicyclic) bond motifs is 1. The van der Waals surface area contributed by atoms with Crippen molar-refractivity contribution in [3.8, 4) is 0 Å². The van der Waals surface area contributed by atoms with E-state index in [0.717, 1.165) is 42.9 Å². The Balaban J connectivity index is 2.25. The topological polar surface area (TPSA) is 74.9 Å². The summed E-state index contributed by atoms with van der Waals surface area (Å²) in [5, 5.41) is 9.35. The van der Waals surface area contributed by atoms with Crippen LogP contribution in [0.15, 0.2) is 12.1 Å². The molecular formula is C20H27N3O3. The third-order valence-electron chi connectivity index (χ3n) is 5.21. The number of hydrogen-bond donors (Lipinski definition) is 1. The fraction of sp³-hybridized carbons (Fsp3) is 0.550. The summed E-state index contributed by atoms with van der Waals surface area (Å²) in [6, 6.07) is 3.41. The summed E-state index contributed by atoms with van der Waals surface area (Å²) < 4.78 is 1.94. The van der Waals surface area contributed by atoms with E-state index >= 15 is 0 Å². The van der Waals surface area contributed by atoms with Crippen molar-refractivity contribution in [2.45, 2.75) is 71.8 Å². The Morgan fingerprint density at radius 2 is 1.88 bits per heavy atom. The molecule has 1 saturated carbocycles. The van der Waals surface area contributed by atoms with Gasteiger partial charge in [0.25, 0.3) is 0 Å². The number of carbonyl (C=O) groups is 2. The highest BCUT2D eigenvalue weighted by atomic mass is 16.4. The van der Waals surface area contributed by atoms with Gasteiger partial charge in [0, 0.05) is 18.7 Å². The Bertz CT molecular complexity index is 848. The lowest BCUT2D eigenvalue weighted by Crippen LogP contribution is -2.41. The average Bonchev–Trinajstić information content (AvgIpc) is 2.96. The van der Waals surface area contributed by atoms with E-state index in [9.17, 15) is 14.7 Å². The summed E-state index contributed by atoms with van der Waals surface area (Å²) >= 11 is 0. The van der Waals surface area contributed by atoms with Crippen molar-refractivity contribution in [2.75, 3.05) is 4.90 Å². The number of pyridine rings is 1. The van der Waals surface area contributed by atoms with Crippen molar-refractivity contribution in [3.63, 3.8) is 0 Å². The number of anilines is 1. The molecule has 1 amide bonds. The molecule has 0 saturated heterocycles. The minimum absolute atomic E-state index is 0.0160. The van der Waals surface area contributed by atoms with Crippen molar-refractivity contribution >= 4 is 23.3 Å². The third-order valence-corrected chi connectivity index (χ3v) is 5.21. The normalized spacial score (nSPS) is 15.6. The number of nitrogens with zero attached hydrogens (tertiary/aromatic N) is 3. The number of amides is 1. The van der Waals surface area contributed by atoms with Gasteiger partial charge in [0.05, 0.1) is 11.3 Å². The Hall–Kier alpha value is -2.37. The number of carbonyl (C=O) groups excluding carboxylic acids is 1. The van der Waals surface area contributed by atoms with Gasteiger partial charge in [-0.2, -0.15) is 0 Å². The molecule has 0 bridgehead atoms. The number of aryl methyl sites for hydroxylation is 1. The fourth-order valence-electron chi connectivity index (χ4n) is 4.02. The first-order valence-corrected chi connectivity index (χ1v) is 9.37. The minimum atomic E-state index is -0.970. The van der Waals surface area contributed by atoms with Crippen LogP contribution in [0.5, 0.6) is 0 Å². The second-order valence-electron chi connectivity index (χ2n) is 7.54. The Morgan fingerprint density at radius 3 is 2.42 bits per heavy atom. The van der Waals surface area contributed by atoms with E-state index in [-0.39, 0.29) is 23.4 Å². The monoisotopic (exact) mass is 357 g/mol. The first-order chi connectivity index (χ1) is 12.3. The lowest BCUT2D eigenvalue weighted by Gasteiger charge is -2.34. The number of carboxylic acids is 1. The van der Waals surface area contributed by atoms with Gasteiger partial charge >= 0.3 is 5.97 Å². The molecule has 2 aromatic rings. The van der Waals surface area contributed by atoms with Crippen molar-refractivity contribution in [3.05, 3.63) is 29.1 Å². The molecule has 2 aromatic heterocycles. The molecule has 0 aromatic carbocycles. The highest BCUT2D eigenvalue weighted by Gasteiger charge is 2.31. The van der Waals surface area contributed by atoms with Gasteiger partial charge in [-0.3, -0.25) is 14.1 Å². The van der Waals surface area contributed by atoms with Gasteiger partial charge in [-0.1, -0.05) is 33.1 Å². The van der Waals surface area contributed by atoms with Crippen molar-refractivity contribution in [1.82, 2.24) is 9.38 Å². The molecule has 0 spiro atoms. The summed E-state index contributed by atoms with van der Waals surface area (Å²) in [6.45, 7) is 7.59. The maximum Gasteiger partial charge on any atom is 0.335 e. The van der Waals surface area contributed by atoms with E-state index in [1.165, 1.54) is 6.42 Å². The molecule has 1 aliphatic rings. The van der Waals surface area contributed by atoms with Gasteiger partial charge in [0.15, 0.2) is 0 Å². The van der Waals surface area contributed by atoms with Crippen LogP contribution in [0.4, 0.5) is 5.82 Å². The average molecular weight is 357 g/mol. The van der Waals surface area contributed by atoms with Crippen LogP contribution in [0.25, 0.3) is 5.65 Å². The zero-order valence-electron chi connectivity index (χ0n) is 16.0. The lowest BCUT2D eigenvalue weighted by molar-refractivity contribution is -0.117. The molecule has 1 N–H and O–H groups in total. The van der Waals surface area contributed by atoms with Gasteiger partial charge in [-0.05, 0) is 37.8 Å². The molecule has 2 heterocycles. The molecule has 0 atom stereocenters. The molecule has 26 heavy (non-hydrogen) atoms. The second-order valence-corrected chi connectivity index (χ2v) is 7.54. The Morgan fingerprint density at radius 1 is 1.23 bits per heavy atom. The molecule has 1 fully saturated rings. The highest BCUT2D eigenvalue weighted by Crippen LogP contribution is 2.35. The zero-order chi connectivity index (χ0) is 19.0. The Kier molecular flexibility index (Phi) is 5.03. The molecule has 6 heteroatoms. The van der Waals surface area contributed by atoms with E-state index < -0.39 is 5.97 Å². The molecule has 0 unspecified atom stereocenters. The first kappa shape index (κ1) is 18.4. The van der Waals surface area contributed by atoms with Gasteiger partial charge in [0.2, 0.25) is 5.91 Å². The summed E-state index contributed by atoms with van der Waals surface area (Å²) in [7, 11) is 0. The summed E-state index contributed by atoms with van der Waals surface area (Å²) in [4.78, 5) is 30.7. The van der Waals surface area contributed by atoms with E-state index in [1.54, 1.807) is 19.1 Å². The molecule has 1 aliphatic carbocycles. The quantitative estimate of drug-likeness (QED) is 0.892. The van der Waals surface area contributed by atoms with Crippen LogP contribution in [0.2, 0.25) is 0 Å². The van der Waals surface area contributed by atoms with E-state index in [0.29, 0.717) is 5.65 Å². The van der Waals surface area contributed by atoms with Crippen LogP contribution in [-0.4, -0.2) is 32.4 Å². The number of aromatic nitrogens is 2. The number of aromatic carboxylic acids is 1. The highest BCUT2D eigenvalue weighted by molar-refractivity contribution is 5.93. The maximum atomic E-state index is 12.6. The predicted octanol–water partition coefficient (Wildman–Crippen LogP) is 4.15. The lowest BCUT2D eigenvalue weighted by atomic mass is 9.93. The van der Waals surface area contributed by atoms with Gasteiger partial charge in [0.1, 0.15) is 11.5 Å². The maximum absolute atomic E-state index is 12.6. The van der Waals surface area contributed by atoms with E-state index in [2.05, 4.69) is 13.8 Å². The fourth-order valence-corrected chi connectivity index (χ4v) is 4.02. The molecule has 6 nitrogen and oxygen atoms in total.